The lowest BCUT2D eigenvalue weighted by molar-refractivity contribution is -0.113. The molecule has 1 amide bonds. The molecule has 1 N–H and O–H groups in total. The van der Waals surface area contributed by atoms with Gasteiger partial charge in [-0.1, -0.05) is 47.7 Å². The van der Waals surface area contributed by atoms with Crippen LogP contribution in [0, 0.1) is 20.8 Å². The Hall–Kier alpha value is -3.85. The van der Waals surface area contributed by atoms with Crippen LogP contribution in [0.2, 0.25) is 0 Å². The number of allylic oxidation sites excluding steroid dienone is 1. The number of nitrogens with one attached hydrogen (secondary N) is 1. The highest BCUT2D eigenvalue weighted by atomic mass is 32.2. The number of amides is 1. The summed E-state index contributed by atoms with van der Waals surface area (Å²) in [5, 5.41) is 17.0. The van der Waals surface area contributed by atoms with E-state index < -0.39 is 0 Å². The number of hydrogen-bond donors (Lipinski definition) is 1. The highest BCUT2D eigenvalue weighted by molar-refractivity contribution is 7.99. The Labute approximate surface area is 209 Å². The molecule has 0 fully saturated rings. The molecule has 0 saturated heterocycles. The van der Waals surface area contributed by atoms with Crippen LogP contribution in [0.25, 0.3) is 17.1 Å². The van der Waals surface area contributed by atoms with Crippen molar-refractivity contribution in [2.45, 2.75) is 32.5 Å². The second-order valence-electron chi connectivity index (χ2n) is 8.04. The van der Waals surface area contributed by atoms with Gasteiger partial charge in [0.1, 0.15) is 5.75 Å². The molecule has 0 aliphatic carbocycles. The summed E-state index contributed by atoms with van der Waals surface area (Å²) in [6.45, 7) is 10.2. The maximum atomic E-state index is 12.9. The van der Waals surface area contributed by atoms with Gasteiger partial charge in [0, 0.05) is 6.54 Å². The molecule has 0 radical (unpaired) electrons. The van der Waals surface area contributed by atoms with Crippen LogP contribution in [0.5, 0.6) is 5.75 Å². The van der Waals surface area contributed by atoms with Gasteiger partial charge >= 0.3 is 0 Å². The van der Waals surface area contributed by atoms with E-state index in [2.05, 4.69) is 27.2 Å². The van der Waals surface area contributed by atoms with Crippen molar-refractivity contribution in [3.63, 3.8) is 0 Å². The van der Waals surface area contributed by atoms with E-state index in [4.69, 9.17) is 4.74 Å². The molecule has 9 heteroatoms. The molecule has 0 aliphatic heterocycles. The van der Waals surface area contributed by atoms with Crippen molar-refractivity contribution in [2.75, 3.05) is 18.2 Å². The first kappa shape index (κ1) is 24.3. The number of benzene rings is 2. The lowest BCUT2D eigenvalue weighted by Gasteiger charge is -2.11. The lowest BCUT2D eigenvalue weighted by Crippen LogP contribution is -2.16. The van der Waals surface area contributed by atoms with E-state index in [1.165, 1.54) is 17.3 Å². The van der Waals surface area contributed by atoms with E-state index in [0.717, 1.165) is 28.3 Å². The number of aromatic nitrogens is 5. The van der Waals surface area contributed by atoms with Crippen molar-refractivity contribution >= 4 is 23.4 Å². The van der Waals surface area contributed by atoms with Crippen molar-refractivity contribution in [2.24, 2.45) is 0 Å². The average molecular weight is 489 g/mol. The van der Waals surface area contributed by atoms with Crippen LogP contribution < -0.4 is 10.1 Å². The first-order valence-electron chi connectivity index (χ1n) is 11.2. The molecule has 0 bridgehead atoms. The van der Waals surface area contributed by atoms with Gasteiger partial charge in [-0.05, 0) is 45.0 Å². The van der Waals surface area contributed by atoms with Gasteiger partial charge in [-0.3, -0.25) is 9.36 Å². The molecule has 180 valence electrons. The van der Waals surface area contributed by atoms with Crippen LogP contribution in [0.15, 0.2) is 66.3 Å². The topological polar surface area (TPSA) is 86.9 Å². The highest BCUT2D eigenvalue weighted by Crippen LogP contribution is 2.31. The average Bonchev–Trinajstić information content (AvgIpc) is 3.39. The molecule has 2 heterocycles. The molecule has 0 atom stereocenters. The molecule has 8 nitrogen and oxygen atoms in total. The van der Waals surface area contributed by atoms with Crippen LogP contribution >= 0.6 is 11.8 Å². The smallest absolute Gasteiger partial charge is 0.234 e. The third-order valence-corrected chi connectivity index (χ3v) is 6.51. The van der Waals surface area contributed by atoms with Crippen LogP contribution in [0.1, 0.15) is 17.0 Å². The zero-order valence-electron chi connectivity index (χ0n) is 20.3. The fourth-order valence-electron chi connectivity index (χ4n) is 3.78. The molecule has 0 aliphatic rings. The van der Waals surface area contributed by atoms with Gasteiger partial charge in [0.2, 0.25) is 5.91 Å². The number of para-hydroxylation sites is 1. The number of nitrogens with zero attached hydrogens (tertiary/aromatic N) is 5. The highest BCUT2D eigenvalue weighted by Gasteiger charge is 2.19. The molecule has 0 spiro atoms. The third-order valence-electron chi connectivity index (χ3n) is 5.54. The standard InChI is InChI=1S/C26H28N6O2S/c1-6-15-31-25(21-9-7-8-10-22(21)34-5)28-29-26(31)35-16-23(33)27-24-18(3)30-32(19(24)4)20-13-11-17(2)12-14-20/h6-14H,1,15-16H2,2-5H3,(H,27,33). The first-order chi connectivity index (χ1) is 16.9. The predicted octanol–water partition coefficient (Wildman–Crippen LogP) is 4.98. The Balaban J connectivity index is 1.50. The molecule has 4 rings (SSSR count). The lowest BCUT2D eigenvalue weighted by atomic mass is 10.2. The van der Waals surface area contributed by atoms with Crippen molar-refractivity contribution in [1.29, 1.82) is 0 Å². The number of anilines is 1. The predicted molar refractivity (Wildman–Crippen MR) is 139 cm³/mol. The van der Waals surface area contributed by atoms with Crippen LogP contribution in [0.3, 0.4) is 0 Å². The van der Waals surface area contributed by atoms with E-state index >= 15 is 0 Å². The summed E-state index contributed by atoms with van der Waals surface area (Å²) < 4.78 is 9.25. The fraction of sp³-hybridized carbons (Fsp3) is 0.231. The first-order valence-corrected chi connectivity index (χ1v) is 12.1. The van der Waals surface area contributed by atoms with E-state index in [-0.39, 0.29) is 11.7 Å². The molecule has 0 saturated carbocycles. The largest absolute Gasteiger partial charge is 0.496 e. The number of methoxy groups -OCH3 is 1. The van der Waals surface area contributed by atoms with Crippen molar-refractivity contribution < 1.29 is 9.53 Å². The fourth-order valence-corrected chi connectivity index (χ4v) is 4.53. The number of aryl methyl sites for hydroxylation is 2. The summed E-state index contributed by atoms with van der Waals surface area (Å²) in [7, 11) is 1.62. The molecule has 35 heavy (non-hydrogen) atoms. The van der Waals surface area contributed by atoms with Gasteiger partial charge in [-0.2, -0.15) is 5.10 Å². The molecule has 0 unspecified atom stereocenters. The van der Waals surface area contributed by atoms with Gasteiger partial charge in [0.05, 0.1) is 41.2 Å². The van der Waals surface area contributed by atoms with Gasteiger partial charge in [0.25, 0.3) is 0 Å². The molecule has 2 aromatic carbocycles. The van der Waals surface area contributed by atoms with E-state index in [1.54, 1.807) is 13.2 Å². The van der Waals surface area contributed by atoms with Crippen LogP contribution in [0.4, 0.5) is 5.69 Å². The zero-order chi connectivity index (χ0) is 24.9. The SMILES string of the molecule is C=CCn1c(SCC(=O)Nc2c(C)nn(-c3ccc(C)cc3)c2C)nnc1-c1ccccc1OC. The third kappa shape index (κ3) is 5.14. The molecular weight excluding hydrogens is 460 g/mol. The van der Waals surface area contributed by atoms with E-state index in [1.807, 2.05) is 78.6 Å². The number of rotatable bonds is 9. The summed E-state index contributed by atoms with van der Waals surface area (Å²) in [5.41, 5.74) is 5.31. The number of thioether (sulfide) groups is 1. The van der Waals surface area contributed by atoms with Crippen molar-refractivity contribution in [3.8, 4) is 22.8 Å². The second kappa shape index (κ2) is 10.6. The minimum absolute atomic E-state index is 0.142. The van der Waals surface area contributed by atoms with Crippen molar-refractivity contribution in [3.05, 3.63) is 78.1 Å². The maximum absolute atomic E-state index is 12.9. The Morgan fingerprint density at radius 2 is 1.86 bits per heavy atom. The van der Waals surface area contributed by atoms with E-state index in [0.29, 0.717) is 23.3 Å². The normalized spacial score (nSPS) is 10.9. The summed E-state index contributed by atoms with van der Waals surface area (Å²) in [6, 6.07) is 15.8. The summed E-state index contributed by atoms with van der Waals surface area (Å²) >= 11 is 1.32. The monoisotopic (exact) mass is 488 g/mol. The van der Waals surface area contributed by atoms with Gasteiger partial charge in [-0.25, -0.2) is 4.68 Å². The number of carbonyl (C=O) groups excluding carboxylic acids is 1. The van der Waals surface area contributed by atoms with Gasteiger partial charge in [0.15, 0.2) is 11.0 Å². The number of carbonyl (C=O) groups is 1. The minimum Gasteiger partial charge on any atom is -0.496 e. The summed E-state index contributed by atoms with van der Waals surface area (Å²) in [6.07, 6.45) is 1.78. The van der Waals surface area contributed by atoms with Crippen LogP contribution in [-0.2, 0) is 11.3 Å². The summed E-state index contributed by atoms with van der Waals surface area (Å²) in [4.78, 5) is 12.9. The molecular formula is C26H28N6O2S. The number of hydrogen-bond acceptors (Lipinski definition) is 6. The maximum Gasteiger partial charge on any atom is 0.234 e. The Morgan fingerprint density at radius 1 is 1.11 bits per heavy atom. The zero-order valence-corrected chi connectivity index (χ0v) is 21.1. The van der Waals surface area contributed by atoms with Crippen molar-refractivity contribution in [1.82, 2.24) is 24.5 Å². The Kier molecular flexibility index (Phi) is 7.36. The molecule has 2 aromatic heterocycles. The Morgan fingerprint density at radius 3 is 2.57 bits per heavy atom. The molecule has 4 aromatic rings. The second-order valence-corrected chi connectivity index (χ2v) is 8.98. The Bertz CT molecular complexity index is 1360. The quantitative estimate of drug-likeness (QED) is 0.264. The van der Waals surface area contributed by atoms with Gasteiger partial charge < -0.3 is 10.1 Å². The van der Waals surface area contributed by atoms with Gasteiger partial charge in [-0.15, -0.1) is 16.8 Å². The number of ether oxygens (including phenoxy) is 1. The minimum atomic E-state index is -0.142. The van der Waals surface area contributed by atoms with E-state index in [9.17, 15) is 4.79 Å². The summed E-state index contributed by atoms with van der Waals surface area (Å²) in [5.74, 6) is 1.40. The van der Waals surface area contributed by atoms with Crippen LogP contribution in [-0.4, -0.2) is 43.3 Å².